The van der Waals surface area contributed by atoms with Crippen LogP contribution in [0.2, 0.25) is 0 Å². The molecule has 0 aromatic carbocycles. The summed E-state index contributed by atoms with van der Waals surface area (Å²) in [7, 11) is 1.31. The van der Waals surface area contributed by atoms with Crippen LogP contribution >= 0.6 is 7.82 Å². The van der Waals surface area contributed by atoms with E-state index in [4.69, 9.17) is 9.05 Å². The van der Waals surface area contributed by atoms with Gasteiger partial charge in [-0.05, 0) is 57.8 Å². The minimum Gasteiger partial charge on any atom is -0.756 e. The first kappa shape index (κ1) is 70.2. The van der Waals surface area contributed by atoms with Gasteiger partial charge < -0.3 is 28.8 Å². The highest BCUT2D eigenvalue weighted by molar-refractivity contribution is 7.45. The van der Waals surface area contributed by atoms with Crippen LogP contribution in [0.3, 0.4) is 0 Å². The number of carbonyl (C=O) groups is 1. The summed E-state index contributed by atoms with van der Waals surface area (Å²) in [6.07, 6.45) is 73.1. The van der Waals surface area contributed by atoms with Gasteiger partial charge in [0.05, 0.1) is 39.9 Å². The lowest BCUT2D eigenvalue weighted by atomic mass is 10.0. The van der Waals surface area contributed by atoms with Gasteiger partial charge in [0.25, 0.3) is 7.82 Å². The average Bonchev–Trinajstić information content (AvgIpc) is 3.34. The highest BCUT2D eigenvalue weighted by atomic mass is 31.2. The van der Waals surface area contributed by atoms with Crippen molar-refractivity contribution in [3.63, 3.8) is 0 Å². The molecular weight excluding hydrogens is 912 g/mol. The molecule has 0 radical (unpaired) electrons. The Bertz CT molecular complexity index is 1360. The minimum atomic E-state index is -4.56. The maximum atomic E-state index is 12.9. The van der Waals surface area contributed by atoms with Crippen LogP contribution in [0.25, 0.3) is 0 Å². The molecule has 3 unspecified atom stereocenters. The third-order valence-electron chi connectivity index (χ3n) is 13.8. The maximum absolute atomic E-state index is 12.9. The largest absolute Gasteiger partial charge is 0.756 e. The van der Waals surface area contributed by atoms with E-state index < -0.39 is 20.0 Å². The number of phosphoric acid groups is 1. The summed E-state index contributed by atoms with van der Waals surface area (Å²) in [5.74, 6) is -0.163. The third kappa shape index (κ3) is 55.9. The molecule has 0 aliphatic rings. The van der Waals surface area contributed by atoms with Crippen LogP contribution in [-0.4, -0.2) is 68.5 Å². The molecule has 1 amide bonds. The van der Waals surface area contributed by atoms with Crippen molar-refractivity contribution in [1.29, 1.82) is 0 Å². The van der Waals surface area contributed by atoms with Crippen molar-refractivity contribution >= 4 is 13.7 Å². The Balaban J connectivity index is 3.77. The first-order valence-corrected chi connectivity index (χ1v) is 32.1. The Morgan fingerprint density at radius 1 is 0.500 bits per heavy atom. The SMILES string of the molecule is CC/C=C\C/C=C\C/C=C\C/C=C\C/C=C\CCCCCCCCCCCCCCCCCCCCCCCCCCCC(=O)NC(COP(=O)([O-])OCC[N+](C)(C)C)C(O)CCCCCCCCCCC. The summed E-state index contributed by atoms with van der Waals surface area (Å²) in [4.78, 5) is 25.4. The number of hydrogen-bond donors (Lipinski definition) is 2. The standard InChI is InChI=1S/C63H119N2O6P/c1-6-8-10-12-14-16-17-18-19-20-21-22-23-24-25-26-27-28-29-30-31-32-33-34-35-36-37-38-39-40-41-42-43-44-45-46-47-49-51-53-55-57-63(67)64-61(60-71-72(68,69)70-59-58-65(3,4)5)62(66)56-54-52-50-48-15-13-11-9-7-2/h8,10,14,16,18-19,21-22,24-25,61-62,66H,6-7,9,11-13,15,17,20,23,26-60H2,1-5H3,(H-,64,67,68,69)/b10-8-,16-14-,19-18-,22-21-,25-24-. The Kier molecular flexibility index (Phi) is 52.7. The van der Waals surface area contributed by atoms with Gasteiger partial charge in [-0.3, -0.25) is 9.36 Å². The van der Waals surface area contributed by atoms with Crippen LogP contribution in [0.1, 0.15) is 284 Å². The highest BCUT2D eigenvalue weighted by Crippen LogP contribution is 2.38. The van der Waals surface area contributed by atoms with Crippen LogP contribution in [0, 0.1) is 0 Å². The van der Waals surface area contributed by atoms with Gasteiger partial charge in [0, 0.05) is 6.42 Å². The number of phosphoric ester groups is 1. The molecule has 0 aromatic rings. The topological polar surface area (TPSA) is 108 Å². The fourth-order valence-electron chi connectivity index (χ4n) is 9.01. The molecule has 0 saturated heterocycles. The van der Waals surface area contributed by atoms with Crippen molar-refractivity contribution in [1.82, 2.24) is 5.32 Å². The Labute approximate surface area is 447 Å². The van der Waals surface area contributed by atoms with Crippen LogP contribution in [0.5, 0.6) is 0 Å². The molecule has 0 bridgehead atoms. The molecule has 0 heterocycles. The van der Waals surface area contributed by atoms with E-state index in [1.807, 2.05) is 21.1 Å². The summed E-state index contributed by atoms with van der Waals surface area (Å²) in [5.41, 5.74) is 0. The van der Waals surface area contributed by atoms with Crippen LogP contribution in [0.4, 0.5) is 0 Å². The number of allylic oxidation sites excluding steroid dienone is 10. The molecule has 0 fully saturated rings. The van der Waals surface area contributed by atoms with Crippen molar-refractivity contribution in [3.8, 4) is 0 Å². The summed E-state index contributed by atoms with van der Waals surface area (Å²) >= 11 is 0. The van der Waals surface area contributed by atoms with E-state index in [0.717, 1.165) is 70.6 Å². The molecule has 9 heteroatoms. The molecule has 2 N–H and O–H groups in total. The zero-order valence-electron chi connectivity index (χ0n) is 48.1. The van der Waals surface area contributed by atoms with Gasteiger partial charge in [-0.2, -0.15) is 0 Å². The summed E-state index contributed by atoms with van der Waals surface area (Å²) in [5, 5.41) is 13.9. The van der Waals surface area contributed by atoms with Crippen molar-refractivity contribution in [2.45, 2.75) is 296 Å². The van der Waals surface area contributed by atoms with Gasteiger partial charge in [-0.15, -0.1) is 0 Å². The second kappa shape index (κ2) is 54.0. The van der Waals surface area contributed by atoms with E-state index in [-0.39, 0.29) is 19.1 Å². The van der Waals surface area contributed by atoms with Crippen LogP contribution in [0.15, 0.2) is 60.8 Å². The first-order valence-electron chi connectivity index (χ1n) is 30.6. The molecule has 0 saturated carbocycles. The van der Waals surface area contributed by atoms with Gasteiger partial charge in [0.15, 0.2) is 0 Å². The number of nitrogens with one attached hydrogen (secondary N) is 1. The molecule has 0 spiro atoms. The van der Waals surface area contributed by atoms with E-state index >= 15 is 0 Å². The number of aliphatic hydroxyl groups is 1. The Morgan fingerprint density at radius 2 is 0.847 bits per heavy atom. The predicted molar refractivity (Wildman–Crippen MR) is 311 cm³/mol. The van der Waals surface area contributed by atoms with E-state index in [1.165, 1.54) is 186 Å². The van der Waals surface area contributed by atoms with Gasteiger partial charge in [-0.25, -0.2) is 0 Å². The fraction of sp³-hybridized carbons (Fsp3) is 0.825. The van der Waals surface area contributed by atoms with Gasteiger partial charge in [0.2, 0.25) is 5.91 Å². The van der Waals surface area contributed by atoms with E-state index in [1.54, 1.807) is 0 Å². The van der Waals surface area contributed by atoms with E-state index in [2.05, 4.69) is 79.9 Å². The van der Waals surface area contributed by atoms with Gasteiger partial charge in [0.1, 0.15) is 13.2 Å². The highest BCUT2D eigenvalue weighted by Gasteiger charge is 2.24. The average molecular weight is 1030 g/mol. The molecule has 0 aliphatic heterocycles. The number of nitrogens with zero attached hydrogens (tertiary/aromatic N) is 1. The zero-order chi connectivity index (χ0) is 52.7. The van der Waals surface area contributed by atoms with Crippen molar-refractivity contribution in [2.75, 3.05) is 40.9 Å². The molecule has 0 aliphatic carbocycles. The normalized spacial score (nSPS) is 14.3. The second-order valence-electron chi connectivity index (χ2n) is 22.0. The van der Waals surface area contributed by atoms with Crippen molar-refractivity contribution in [2.24, 2.45) is 0 Å². The third-order valence-corrected chi connectivity index (χ3v) is 14.7. The molecule has 8 nitrogen and oxygen atoms in total. The molecule has 0 aromatic heterocycles. The maximum Gasteiger partial charge on any atom is 0.268 e. The minimum absolute atomic E-state index is 0.0131. The lowest BCUT2D eigenvalue weighted by Crippen LogP contribution is -2.46. The molecular formula is C63H119N2O6P. The predicted octanol–water partition coefficient (Wildman–Crippen LogP) is 18.2. The fourth-order valence-corrected chi connectivity index (χ4v) is 9.73. The number of carbonyl (C=O) groups excluding carboxylic acids is 1. The Hall–Kier alpha value is -1.80. The Morgan fingerprint density at radius 3 is 1.24 bits per heavy atom. The van der Waals surface area contributed by atoms with Crippen molar-refractivity contribution in [3.05, 3.63) is 60.8 Å². The smallest absolute Gasteiger partial charge is 0.268 e. The molecule has 72 heavy (non-hydrogen) atoms. The summed E-state index contributed by atoms with van der Waals surface area (Å²) in [6.45, 7) is 4.60. The number of unbranched alkanes of at least 4 members (excludes halogenated alkanes) is 33. The molecule has 3 atom stereocenters. The van der Waals surface area contributed by atoms with Crippen LogP contribution < -0.4 is 10.2 Å². The lowest BCUT2D eigenvalue weighted by Gasteiger charge is -2.30. The number of hydrogen-bond acceptors (Lipinski definition) is 6. The number of amides is 1. The van der Waals surface area contributed by atoms with Gasteiger partial charge in [-0.1, -0.05) is 280 Å². The summed E-state index contributed by atoms with van der Waals surface area (Å²) < 4.78 is 23.3. The van der Waals surface area contributed by atoms with E-state index in [0.29, 0.717) is 23.9 Å². The van der Waals surface area contributed by atoms with Gasteiger partial charge >= 0.3 is 0 Å². The quantitative estimate of drug-likeness (QED) is 0.0272. The number of quaternary nitrogens is 1. The van der Waals surface area contributed by atoms with Crippen LogP contribution in [-0.2, 0) is 18.4 Å². The lowest BCUT2D eigenvalue weighted by molar-refractivity contribution is -0.870. The second-order valence-corrected chi connectivity index (χ2v) is 23.4. The number of rotatable bonds is 56. The summed E-state index contributed by atoms with van der Waals surface area (Å²) in [6, 6.07) is -0.797. The number of aliphatic hydroxyl groups excluding tert-OH is 1. The monoisotopic (exact) mass is 1030 g/mol. The molecule has 422 valence electrons. The van der Waals surface area contributed by atoms with E-state index in [9.17, 15) is 19.4 Å². The number of likely N-dealkylation sites (N-methyl/N-ethyl adjacent to an activating group) is 1. The zero-order valence-corrected chi connectivity index (χ0v) is 49.0. The van der Waals surface area contributed by atoms with Crippen molar-refractivity contribution < 1.29 is 32.9 Å². The molecule has 0 rings (SSSR count). The first-order chi connectivity index (χ1) is 35.0.